The van der Waals surface area contributed by atoms with E-state index in [1.54, 1.807) is 0 Å². The molecule has 0 radical (unpaired) electrons. The fraction of sp³-hybridized carbons (Fsp3) is 1.00. The monoisotopic (exact) mass is 284 g/mol. The number of hydrogen-bond donors (Lipinski definition) is 0. The average molecular weight is 286 g/mol. The second kappa shape index (κ2) is 9.05. The third kappa shape index (κ3) is 11.0. The highest BCUT2D eigenvalue weighted by atomic mass is 79.9. The van der Waals surface area contributed by atoms with E-state index < -0.39 is 0 Å². The maximum Gasteiger partial charge on any atom is 0.0117 e. The summed E-state index contributed by atoms with van der Waals surface area (Å²) in [5.41, 5.74) is 0. The number of unbranched alkanes of at least 4 members (excludes halogenated alkanes) is 4. The van der Waals surface area contributed by atoms with Gasteiger partial charge in [-0.05, 0) is 12.8 Å². The van der Waals surface area contributed by atoms with Crippen molar-refractivity contribution in [2.24, 2.45) is 0 Å². The molecule has 11 heavy (non-hydrogen) atoms. The van der Waals surface area contributed by atoms with E-state index in [4.69, 9.17) is 0 Å². The highest BCUT2D eigenvalue weighted by Crippen LogP contribution is 2.11. The van der Waals surface area contributed by atoms with Gasteiger partial charge in [0.1, 0.15) is 0 Å². The standard InChI is InChI=1S/C9H18Br2/c1-9(11)7-5-3-2-4-6-8-10/h9H,2-8H2,1H3. The van der Waals surface area contributed by atoms with Gasteiger partial charge in [0.05, 0.1) is 0 Å². The molecular formula is C9H18Br2. The Hall–Kier alpha value is 0.960. The highest BCUT2D eigenvalue weighted by molar-refractivity contribution is 9.09. The molecule has 0 rings (SSSR count). The lowest BCUT2D eigenvalue weighted by molar-refractivity contribution is 0.611. The molecule has 68 valence electrons. The summed E-state index contributed by atoms with van der Waals surface area (Å²) >= 11 is 6.98. The minimum absolute atomic E-state index is 0.707. The lowest BCUT2D eigenvalue weighted by Crippen LogP contribution is -1.89. The van der Waals surface area contributed by atoms with E-state index in [1.807, 2.05) is 0 Å². The van der Waals surface area contributed by atoms with E-state index in [-0.39, 0.29) is 0 Å². The van der Waals surface area contributed by atoms with Crippen molar-refractivity contribution in [1.82, 2.24) is 0 Å². The highest BCUT2D eigenvalue weighted by Gasteiger charge is 1.94. The Labute approximate surface area is 87.4 Å². The van der Waals surface area contributed by atoms with Gasteiger partial charge in [0.2, 0.25) is 0 Å². The van der Waals surface area contributed by atoms with Gasteiger partial charge in [-0.3, -0.25) is 0 Å². The number of hydrogen-bond acceptors (Lipinski definition) is 0. The summed E-state index contributed by atoms with van der Waals surface area (Å²) in [6, 6.07) is 0. The van der Waals surface area contributed by atoms with Crippen molar-refractivity contribution in [2.45, 2.75) is 50.3 Å². The molecule has 0 heterocycles. The minimum atomic E-state index is 0.707. The molecule has 0 amide bonds. The Kier molecular flexibility index (Phi) is 9.84. The van der Waals surface area contributed by atoms with E-state index in [0.717, 1.165) is 0 Å². The second-order valence-corrected chi connectivity index (χ2v) is 5.38. The van der Waals surface area contributed by atoms with Gasteiger partial charge < -0.3 is 0 Å². The zero-order valence-corrected chi connectivity index (χ0v) is 10.5. The maximum absolute atomic E-state index is 3.55. The zero-order valence-electron chi connectivity index (χ0n) is 7.28. The van der Waals surface area contributed by atoms with E-state index in [2.05, 4.69) is 38.8 Å². The molecular weight excluding hydrogens is 268 g/mol. The fourth-order valence-electron chi connectivity index (χ4n) is 1.05. The summed E-state index contributed by atoms with van der Waals surface area (Å²) in [5, 5.41) is 1.17. The molecule has 2 heteroatoms. The first kappa shape index (κ1) is 12.0. The van der Waals surface area contributed by atoms with E-state index in [0.29, 0.717) is 4.83 Å². The molecule has 0 saturated carbocycles. The van der Waals surface area contributed by atoms with Gasteiger partial charge in [-0.25, -0.2) is 0 Å². The summed E-state index contributed by atoms with van der Waals surface area (Å²) < 4.78 is 0. The van der Waals surface area contributed by atoms with Crippen LogP contribution in [0.15, 0.2) is 0 Å². The van der Waals surface area contributed by atoms with Crippen LogP contribution in [0.25, 0.3) is 0 Å². The van der Waals surface area contributed by atoms with Crippen LogP contribution >= 0.6 is 31.9 Å². The second-order valence-electron chi connectivity index (χ2n) is 3.03. The number of halogens is 2. The Morgan fingerprint density at radius 3 is 2.09 bits per heavy atom. The normalized spacial score (nSPS) is 13.4. The van der Waals surface area contributed by atoms with Crippen LogP contribution in [0, 0.1) is 0 Å². The smallest absolute Gasteiger partial charge is 0.0117 e. The van der Waals surface area contributed by atoms with Gasteiger partial charge in [0.25, 0.3) is 0 Å². The van der Waals surface area contributed by atoms with Crippen LogP contribution in [0.5, 0.6) is 0 Å². The van der Waals surface area contributed by atoms with Gasteiger partial charge in [0, 0.05) is 10.2 Å². The molecule has 0 spiro atoms. The van der Waals surface area contributed by atoms with Crippen molar-refractivity contribution < 1.29 is 0 Å². The Bertz CT molecular complexity index is 72.0. The molecule has 0 N–H and O–H groups in total. The Morgan fingerprint density at radius 1 is 1.00 bits per heavy atom. The van der Waals surface area contributed by atoms with Crippen molar-refractivity contribution in [3.05, 3.63) is 0 Å². The van der Waals surface area contributed by atoms with Crippen molar-refractivity contribution >= 4 is 31.9 Å². The maximum atomic E-state index is 3.55. The van der Waals surface area contributed by atoms with Crippen LogP contribution < -0.4 is 0 Å². The number of rotatable bonds is 7. The van der Waals surface area contributed by atoms with Crippen LogP contribution in [-0.4, -0.2) is 10.2 Å². The molecule has 0 aliphatic rings. The Balaban J connectivity index is 2.80. The summed E-state index contributed by atoms with van der Waals surface area (Å²) in [6.45, 7) is 2.22. The van der Waals surface area contributed by atoms with Gasteiger partial charge >= 0.3 is 0 Å². The van der Waals surface area contributed by atoms with E-state index >= 15 is 0 Å². The summed E-state index contributed by atoms with van der Waals surface area (Å²) in [6.07, 6.45) is 8.25. The molecule has 0 saturated heterocycles. The van der Waals surface area contributed by atoms with Crippen LogP contribution in [0.1, 0.15) is 45.4 Å². The van der Waals surface area contributed by atoms with Crippen molar-refractivity contribution in [3.63, 3.8) is 0 Å². The predicted molar refractivity (Wildman–Crippen MR) is 59.9 cm³/mol. The van der Waals surface area contributed by atoms with Crippen LogP contribution in [-0.2, 0) is 0 Å². The molecule has 1 unspecified atom stereocenters. The molecule has 1 atom stereocenters. The molecule has 0 aromatic heterocycles. The Morgan fingerprint density at radius 2 is 1.55 bits per heavy atom. The molecule has 0 aromatic rings. The van der Waals surface area contributed by atoms with Crippen molar-refractivity contribution in [3.8, 4) is 0 Å². The summed E-state index contributed by atoms with van der Waals surface area (Å²) in [4.78, 5) is 0.707. The predicted octanol–water partition coefficient (Wildman–Crippen LogP) is 4.51. The minimum Gasteiger partial charge on any atom is -0.0928 e. The van der Waals surface area contributed by atoms with Crippen LogP contribution in [0.2, 0.25) is 0 Å². The molecule has 0 fully saturated rings. The van der Waals surface area contributed by atoms with Gasteiger partial charge in [-0.2, -0.15) is 0 Å². The molecule has 0 aromatic carbocycles. The first-order valence-electron chi connectivity index (χ1n) is 4.47. The van der Waals surface area contributed by atoms with Crippen molar-refractivity contribution in [1.29, 1.82) is 0 Å². The summed E-state index contributed by atoms with van der Waals surface area (Å²) in [7, 11) is 0. The lowest BCUT2D eigenvalue weighted by atomic mass is 10.1. The molecule has 0 aliphatic heterocycles. The number of alkyl halides is 2. The quantitative estimate of drug-likeness (QED) is 0.477. The largest absolute Gasteiger partial charge is 0.0928 e. The van der Waals surface area contributed by atoms with Crippen LogP contribution in [0.4, 0.5) is 0 Å². The molecule has 0 aliphatic carbocycles. The van der Waals surface area contributed by atoms with Gasteiger partial charge in [-0.1, -0.05) is 64.5 Å². The van der Waals surface area contributed by atoms with E-state index in [1.165, 1.54) is 43.9 Å². The van der Waals surface area contributed by atoms with Gasteiger partial charge in [-0.15, -0.1) is 0 Å². The first-order chi connectivity index (χ1) is 5.27. The third-order valence-electron chi connectivity index (χ3n) is 1.74. The van der Waals surface area contributed by atoms with Crippen LogP contribution in [0.3, 0.4) is 0 Å². The molecule has 0 nitrogen and oxygen atoms in total. The van der Waals surface area contributed by atoms with Gasteiger partial charge in [0.15, 0.2) is 0 Å². The zero-order chi connectivity index (χ0) is 8.53. The lowest BCUT2D eigenvalue weighted by Gasteiger charge is -2.01. The SMILES string of the molecule is CC(Br)CCCCCCCBr. The fourth-order valence-corrected chi connectivity index (χ4v) is 1.77. The van der Waals surface area contributed by atoms with E-state index in [9.17, 15) is 0 Å². The average Bonchev–Trinajstić information content (AvgIpc) is 1.96. The first-order valence-corrected chi connectivity index (χ1v) is 6.51. The third-order valence-corrected chi connectivity index (χ3v) is 2.75. The molecule has 0 bridgehead atoms. The topological polar surface area (TPSA) is 0 Å². The summed E-state index contributed by atoms with van der Waals surface area (Å²) in [5.74, 6) is 0. The van der Waals surface area contributed by atoms with Crippen molar-refractivity contribution in [2.75, 3.05) is 5.33 Å².